The van der Waals surface area contributed by atoms with Crippen molar-refractivity contribution in [3.05, 3.63) is 83.2 Å². The Morgan fingerprint density at radius 2 is 1.92 bits per heavy atom. The van der Waals surface area contributed by atoms with Gasteiger partial charge in [-0.15, -0.1) is 5.10 Å². The first-order valence-electron chi connectivity index (χ1n) is 11.8. The van der Waals surface area contributed by atoms with Gasteiger partial charge in [-0.25, -0.2) is 18.3 Å². The van der Waals surface area contributed by atoms with Crippen molar-refractivity contribution in [2.75, 3.05) is 25.0 Å². The number of nitrogens with zero attached hydrogens (tertiary/aromatic N) is 3. The molecule has 1 saturated heterocycles. The van der Waals surface area contributed by atoms with Gasteiger partial charge in [-0.3, -0.25) is 5.32 Å². The van der Waals surface area contributed by atoms with E-state index in [2.05, 4.69) is 15.7 Å². The number of amides is 2. The van der Waals surface area contributed by atoms with Gasteiger partial charge in [0.15, 0.2) is 0 Å². The summed E-state index contributed by atoms with van der Waals surface area (Å²) in [5.41, 5.74) is 7.88. The molecule has 2 heterocycles. The summed E-state index contributed by atoms with van der Waals surface area (Å²) >= 11 is 0. The molecule has 1 aliphatic heterocycles. The summed E-state index contributed by atoms with van der Waals surface area (Å²) in [6.45, 7) is 4.65. The number of halogens is 2. The van der Waals surface area contributed by atoms with Crippen molar-refractivity contribution in [2.45, 2.75) is 25.8 Å². The Hall–Kier alpha value is -4.41. The Morgan fingerprint density at radius 3 is 2.54 bits per heavy atom. The monoisotopic (exact) mass is 509 g/mol. The van der Waals surface area contributed by atoms with E-state index in [-0.39, 0.29) is 6.54 Å². The van der Waals surface area contributed by atoms with Gasteiger partial charge in [0.05, 0.1) is 29.6 Å². The van der Waals surface area contributed by atoms with Gasteiger partial charge < -0.3 is 26.1 Å². The quantitative estimate of drug-likeness (QED) is 0.343. The van der Waals surface area contributed by atoms with E-state index in [0.29, 0.717) is 41.7 Å². The largest absolute Gasteiger partial charge is 0.477 e. The van der Waals surface area contributed by atoms with Crippen LogP contribution in [0.2, 0.25) is 0 Å². The van der Waals surface area contributed by atoms with Crippen molar-refractivity contribution < 1.29 is 18.3 Å². The maximum Gasteiger partial charge on any atom is 0.320 e. The molecule has 0 saturated carbocycles. The Kier molecular flexibility index (Phi) is 7.71. The highest BCUT2D eigenvalue weighted by Crippen LogP contribution is 2.32. The summed E-state index contributed by atoms with van der Waals surface area (Å²) in [6.07, 6.45) is 2.39. The number of aromatic nitrogens is 2. The molecule has 2 atom stereocenters. The molecule has 2 aromatic carbocycles. The van der Waals surface area contributed by atoms with Crippen LogP contribution in [0.3, 0.4) is 0 Å². The number of carbonyl (C=O) groups is 1. The number of rotatable bonds is 8. The smallest absolute Gasteiger partial charge is 0.320 e. The summed E-state index contributed by atoms with van der Waals surface area (Å²) in [5.74, 6) is -1.04. The minimum absolute atomic E-state index is 0.287. The zero-order chi connectivity index (χ0) is 26.5. The van der Waals surface area contributed by atoms with Crippen LogP contribution in [0, 0.1) is 24.0 Å². The van der Waals surface area contributed by atoms with Gasteiger partial charge in [0, 0.05) is 37.5 Å². The van der Waals surface area contributed by atoms with E-state index < -0.39 is 29.6 Å². The van der Waals surface area contributed by atoms with Crippen molar-refractivity contribution in [3.8, 4) is 11.6 Å². The van der Waals surface area contributed by atoms with Crippen molar-refractivity contribution in [1.29, 1.82) is 5.41 Å². The highest BCUT2D eigenvalue weighted by atomic mass is 19.1. The molecule has 3 aromatic rings. The van der Waals surface area contributed by atoms with Crippen molar-refractivity contribution in [3.63, 3.8) is 0 Å². The van der Waals surface area contributed by atoms with E-state index in [0.717, 1.165) is 18.0 Å². The van der Waals surface area contributed by atoms with Crippen LogP contribution < -0.4 is 21.1 Å². The second kappa shape index (κ2) is 11.1. The number of anilines is 1. The van der Waals surface area contributed by atoms with Gasteiger partial charge in [0.1, 0.15) is 17.5 Å². The molecular formula is C26H29F2N7O2. The summed E-state index contributed by atoms with van der Waals surface area (Å²) < 4.78 is 35.3. The number of carbonyl (C=O) groups excluding carboxylic acids is 1. The first-order valence-corrected chi connectivity index (χ1v) is 11.8. The van der Waals surface area contributed by atoms with Crippen LogP contribution in [-0.2, 0) is 0 Å². The van der Waals surface area contributed by atoms with Gasteiger partial charge >= 0.3 is 6.03 Å². The molecule has 37 heavy (non-hydrogen) atoms. The molecule has 5 N–H and O–H groups in total. The third-order valence-electron chi connectivity index (χ3n) is 6.23. The van der Waals surface area contributed by atoms with Crippen LogP contribution in [-0.4, -0.2) is 52.7 Å². The molecule has 0 unspecified atom stereocenters. The molecule has 11 heteroatoms. The standard InChI is InChI=1S/C26H29F2N7O2/c1-3-37-25-16(2)24(35(33-25)20-7-5-4-6-8-20)32-26(36)31-23-15-34(21(12-29)13-30)14-22(23)17-9-18(27)11-19(28)10-17/h4-13,22-23,29H,3,14-15,30H2,1-2H3,(H2,31,32,36)/b21-13+,29-12?/t22-,23+/m0/s1. The lowest BCUT2D eigenvalue weighted by Gasteiger charge is -2.21. The Labute approximate surface area is 213 Å². The van der Waals surface area contributed by atoms with E-state index in [1.807, 2.05) is 37.3 Å². The van der Waals surface area contributed by atoms with E-state index in [4.69, 9.17) is 15.9 Å². The molecule has 0 spiro atoms. The minimum Gasteiger partial charge on any atom is -0.477 e. The molecule has 9 nitrogen and oxygen atoms in total. The second-order valence-electron chi connectivity index (χ2n) is 8.61. The molecular weight excluding hydrogens is 480 g/mol. The number of para-hydroxylation sites is 1. The lowest BCUT2D eigenvalue weighted by Crippen LogP contribution is -2.42. The number of hydrogen-bond donors (Lipinski definition) is 4. The van der Waals surface area contributed by atoms with Crippen molar-refractivity contribution in [1.82, 2.24) is 20.0 Å². The molecule has 0 aliphatic carbocycles. The maximum absolute atomic E-state index is 14.0. The van der Waals surface area contributed by atoms with Gasteiger partial charge in [0.2, 0.25) is 5.88 Å². The molecule has 1 aliphatic rings. The molecule has 1 fully saturated rings. The van der Waals surface area contributed by atoms with Crippen molar-refractivity contribution >= 4 is 18.1 Å². The van der Waals surface area contributed by atoms with E-state index in [1.165, 1.54) is 18.3 Å². The number of likely N-dealkylation sites (tertiary alicyclic amines) is 1. The molecule has 194 valence electrons. The second-order valence-corrected chi connectivity index (χ2v) is 8.61. The van der Waals surface area contributed by atoms with Crippen LogP contribution in [0.4, 0.5) is 19.4 Å². The number of urea groups is 1. The number of nitrogens with one attached hydrogen (secondary N) is 3. The van der Waals surface area contributed by atoms with Crippen LogP contribution in [0.1, 0.15) is 24.0 Å². The number of benzene rings is 2. The predicted octanol–water partition coefficient (Wildman–Crippen LogP) is 3.90. The fraction of sp³-hybridized carbons (Fsp3) is 0.269. The van der Waals surface area contributed by atoms with Crippen LogP contribution in [0.15, 0.2) is 60.4 Å². The van der Waals surface area contributed by atoms with Crippen molar-refractivity contribution in [2.24, 2.45) is 5.73 Å². The molecule has 2 amide bonds. The van der Waals surface area contributed by atoms with Gasteiger partial charge in [-0.1, -0.05) is 18.2 Å². The first-order chi connectivity index (χ1) is 17.8. The third kappa shape index (κ3) is 5.55. The molecule has 4 rings (SSSR count). The van der Waals surface area contributed by atoms with E-state index >= 15 is 0 Å². The van der Waals surface area contributed by atoms with Gasteiger partial charge in [-0.05, 0) is 43.7 Å². The highest BCUT2D eigenvalue weighted by molar-refractivity contribution is 5.90. The lowest BCUT2D eigenvalue weighted by atomic mass is 9.94. The summed E-state index contributed by atoms with van der Waals surface area (Å²) in [5, 5.41) is 17.9. The number of nitrogens with two attached hydrogens (primary N) is 1. The maximum atomic E-state index is 14.0. The van der Waals surface area contributed by atoms with Crippen LogP contribution in [0.5, 0.6) is 5.88 Å². The number of hydrogen-bond acceptors (Lipinski definition) is 6. The summed E-state index contributed by atoms with van der Waals surface area (Å²) in [7, 11) is 0. The Bertz CT molecular complexity index is 1290. The van der Waals surface area contributed by atoms with Crippen LogP contribution in [0.25, 0.3) is 5.69 Å². The fourth-order valence-corrected chi connectivity index (χ4v) is 4.50. The van der Waals surface area contributed by atoms with Crippen LogP contribution >= 0.6 is 0 Å². The topological polar surface area (TPSA) is 121 Å². The third-order valence-corrected chi connectivity index (χ3v) is 6.23. The fourth-order valence-electron chi connectivity index (χ4n) is 4.50. The van der Waals surface area contributed by atoms with E-state index in [1.54, 1.807) is 16.5 Å². The van der Waals surface area contributed by atoms with Gasteiger partial charge in [0.25, 0.3) is 0 Å². The normalized spacial score (nSPS) is 17.5. The SMILES string of the molecule is CCOc1nn(-c2ccccc2)c(NC(=O)N[C@@H]2CN(/C(C=N)=C/N)C[C@H]2c2cc(F)cc(F)c2)c1C. The minimum atomic E-state index is -0.705. The zero-order valence-electron chi connectivity index (χ0n) is 20.5. The number of ether oxygens (including phenoxy) is 1. The Morgan fingerprint density at radius 1 is 1.22 bits per heavy atom. The highest BCUT2D eigenvalue weighted by Gasteiger charge is 2.36. The van der Waals surface area contributed by atoms with E-state index in [9.17, 15) is 13.6 Å². The average molecular weight is 510 g/mol. The first kappa shape index (κ1) is 25.7. The van der Waals surface area contributed by atoms with Gasteiger partial charge in [-0.2, -0.15) is 0 Å². The average Bonchev–Trinajstić information content (AvgIpc) is 3.42. The summed E-state index contributed by atoms with van der Waals surface area (Å²) in [4.78, 5) is 15.0. The molecule has 1 aromatic heterocycles. The predicted molar refractivity (Wildman–Crippen MR) is 137 cm³/mol. The zero-order valence-corrected chi connectivity index (χ0v) is 20.5. The molecule has 0 radical (unpaired) electrons. The Balaban J connectivity index is 1.62. The summed E-state index contributed by atoms with van der Waals surface area (Å²) in [6, 6.07) is 11.6. The molecule has 0 bridgehead atoms. The lowest BCUT2D eigenvalue weighted by molar-refractivity contribution is 0.247. The number of allylic oxidation sites excluding steroid dienone is 1.